The summed E-state index contributed by atoms with van der Waals surface area (Å²) in [5.74, 6) is 1.53. The summed E-state index contributed by atoms with van der Waals surface area (Å²) in [5.41, 5.74) is 4.25. The highest BCUT2D eigenvalue weighted by Crippen LogP contribution is 2.37. The van der Waals surface area contributed by atoms with Gasteiger partial charge in [0.05, 0.1) is 0 Å². The van der Waals surface area contributed by atoms with E-state index in [4.69, 9.17) is 0 Å². The van der Waals surface area contributed by atoms with E-state index in [2.05, 4.69) is 44.2 Å². The largest absolute Gasteiger partial charge is 0.206 e. The Bertz CT molecular complexity index is 663. The average Bonchev–Trinajstić information content (AvgIpc) is 2.67. The highest BCUT2D eigenvalue weighted by atomic mass is 19.1. The Hall–Kier alpha value is -1.63. The van der Waals surface area contributed by atoms with Crippen molar-refractivity contribution in [2.75, 3.05) is 0 Å². The first-order valence-corrected chi connectivity index (χ1v) is 10.1. The van der Waals surface area contributed by atoms with E-state index in [0.29, 0.717) is 5.92 Å². The third-order valence-electron chi connectivity index (χ3n) is 5.97. The quantitative estimate of drug-likeness (QED) is 0.511. The molecule has 0 heterocycles. The summed E-state index contributed by atoms with van der Waals surface area (Å²) in [6, 6.07) is 14.4. The topological polar surface area (TPSA) is 0 Å². The zero-order valence-electron chi connectivity index (χ0n) is 15.7. The molecule has 0 saturated heterocycles. The first-order valence-electron chi connectivity index (χ1n) is 10.1. The molecule has 1 heteroatoms. The van der Waals surface area contributed by atoms with Crippen LogP contribution in [0.5, 0.6) is 0 Å². The third-order valence-corrected chi connectivity index (χ3v) is 5.97. The zero-order valence-corrected chi connectivity index (χ0v) is 15.7. The zero-order chi connectivity index (χ0) is 17.6. The SMILES string of the molecule is CCCCc1ccc(-c2ccc([C@H]3CC[C@H](CC)CC3)cc2)c(F)c1. The van der Waals surface area contributed by atoms with Crippen molar-refractivity contribution in [1.29, 1.82) is 0 Å². The summed E-state index contributed by atoms with van der Waals surface area (Å²) >= 11 is 0. The van der Waals surface area contributed by atoms with E-state index in [1.807, 2.05) is 6.07 Å². The minimum Gasteiger partial charge on any atom is -0.206 e. The Kier molecular flexibility index (Phi) is 6.29. The summed E-state index contributed by atoms with van der Waals surface area (Å²) in [4.78, 5) is 0. The van der Waals surface area contributed by atoms with Gasteiger partial charge in [0.1, 0.15) is 5.82 Å². The van der Waals surface area contributed by atoms with Gasteiger partial charge in [0.25, 0.3) is 0 Å². The van der Waals surface area contributed by atoms with Crippen molar-refractivity contribution < 1.29 is 4.39 Å². The maximum atomic E-state index is 14.5. The summed E-state index contributed by atoms with van der Waals surface area (Å²) < 4.78 is 14.5. The van der Waals surface area contributed by atoms with Crippen molar-refractivity contribution in [3.05, 3.63) is 59.4 Å². The second-order valence-corrected chi connectivity index (χ2v) is 7.67. The molecule has 2 aromatic carbocycles. The van der Waals surface area contributed by atoms with E-state index < -0.39 is 0 Å². The van der Waals surface area contributed by atoms with E-state index in [0.717, 1.165) is 41.9 Å². The van der Waals surface area contributed by atoms with Crippen LogP contribution in [0.4, 0.5) is 4.39 Å². The van der Waals surface area contributed by atoms with Crippen LogP contribution in [0, 0.1) is 11.7 Å². The molecule has 0 nitrogen and oxygen atoms in total. The van der Waals surface area contributed by atoms with Crippen molar-refractivity contribution in [2.24, 2.45) is 5.92 Å². The first-order chi connectivity index (χ1) is 12.2. The van der Waals surface area contributed by atoms with Crippen LogP contribution in [0.25, 0.3) is 11.1 Å². The Balaban J connectivity index is 1.70. The molecule has 0 radical (unpaired) electrons. The second kappa shape index (κ2) is 8.65. The molecule has 134 valence electrons. The molecule has 2 aromatic rings. The van der Waals surface area contributed by atoms with Gasteiger partial charge in [-0.15, -0.1) is 0 Å². The molecule has 3 rings (SSSR count). The van der Waals surface area contributed by atoms with Crippen molar-refractivity contribution in [3.63, 3.8) is 0 Å². The first kappa shape index (κ1) is 18.2. The van der Waals surface area contributed by atoms with Gasteiger partial charge in [0.2, 0.25) is 0 Å². The predicted molar refractivity (Wildman–Crippen MR) is 105 cm³/mol. The smallest absolute Gasteiger partial charge is 0.131 e. The van der Waals surface area contributed by atoms with Gasteiger partial charge < -0.3 is 0 Å². The van der Waals surface area contributed by atoms with Gasteiger partial charge in [-0.1, -0.05) is 63.1 Å². The lowest BCUT2D eigenvalue weighted by Gasteiger charge is -2.28. The molecule has 0 atom stereocenters. The molecule has 0 amide bonds. The molecular weight excluding hydrogens is 307 g/mol. The normalized spacial score (nSPS) is 20.6. The van der Waals surface area contributed by atoms with Crippen LogP contribution in [-0.2, 0) is 6.42 Å². The van der Waals surface area contributed by atoms with Gasteiger partial charge >= 0.3 is 0 Å². The number of unbranched alkanes of at least 4 members (excludes halogenated alkanes) is 1. The van der Waals surface area contributed by atoms with Gasteiger partial charge in [0.15, 0.2) is 0 Å². The van der Waals surface area contributed by atoms with Gasteiger partial charge in [-0.3, -0.25) is 0 Å². The minimum absolute atomic E-state index is 0.0928. The fraction of sp³-hybridized carbons (Fsp3) is 0.500. The van der Waals surface area contributed by atoms with E-state index in [9.17, 15) is 4.39 Å². The van der Waals surface area contributed by atoms with E-state index in [1.165, 1.54) is 37.7 Å². The standard InChI is InChI=1S/C24H31F/c1-3-5-6-19-9-16-23(24(25)17-19)22-14-12-21(13-15-22)20-10-7-18(4-2)8-11-20/h9,12-18,20H,3-8,10-11H2,1-2H3/t18-,20-. The minimum atomic E-state index is -0.0928. The van der Waals surface area contributed by atoms with E-state index in [-0.39, 0.29) is 5.82 Å². The van der Waals surface area contributed by atoms with Crippen molar-refractivity contribution in [2.45, 2.75) is 71.1 Å². The third kappa shape index (κ3) is 4.51. The lowest BCUT2D eigenvalue weighted by molar-refractivity contribution is 0.319. The maximum absolute atomic E-state index is 14.5. The molecule has 0 aromatic heterocycles. The molecule has 1 fully saturated rings. The summed E-state index contributed by atoms with van der Waals surface area (Å²) in [6.07, 6.45) is 9.87. The number of halogens is 1. The van der Waals surface area contributed by atoms with Crippen molar-refractivity contribution >= 4 is 0 Å². The average molecular weight is 339 g/mol. The monoisotopic (exact) mass is 338 g/mol. The fourth-order valence-electron chi connectivity index (χ4n) is 4.17. The number of rotatable bonds is 6. The van der Waals surface area contributed by atoms with E-state index >= 15 is 0 Å². The van der Waals surface area contributed by atoms with Crippen LogP contribution in [-0.4, -0.2) is 0 Å². The molecule has 1 aliphatic rings. The maximum Gasteiger partial charge on any atom is 0.131 e. The lowest BCUT2D eigenvalue weighted by Crippen LogP contribution is -2.12. The summed E-state index contributed by atoms with van der Waals surface area (Å²) in [5, 5.41) is 0. The highest BCUT2D eigenvalue weighted by molar-refractivity contribution is 5.65. The van der Waals surface area contributed by atoms with Crippen molar-refractivity contribution in [3.8, 4) is 11.1 Å². The van der Waals surface area contributed by atoms with Gasteiger partial charge in [0, 0.05) is 5.56 Å². The molecule has 25 heavy (non-hydrogen) atoms. The number of benzene rings is 2. The fourth-order valence-corrected chi connectivity index (χ4v) is 4.17. The molecule has 0 unspecified atom stereocenters. The highest BCUT2D eigenvalue weighted by Gasteiger charge is 2.21. The van der Waals surface area contributed by atoms with Crippen LogP contribution >= 0.6 is 0 Å². The van der Waals surface area contributed by atoms with Crippen LogP contribution in [0.1, 0.15) is 75.8 Å². The summed E-state index contributed by atoms with van der Waals surface area (Å²) in [6.45, 7) is 4.48. The molecule has 0 bridgehead atoms. The molecular formula is C24H31F. The Labute approximate surface area is 152 Å². The number of aryl methyl sites for hydroxylation is 1. The van der Waals surface area contributed by atoms with Crippen molar-refractivity contribution in [1.82, 2.24) is 0 Å². The summed E-state index contributed by atoms with van der Waals surface area (Å²) in [7, 11) is 0. The molecule has 1 saturated carbocycles. The predicted octanol–water partition coefficient (Wildman–Crippen LogP) is 7.52. The molecule has 0 N–H and O–H groups in total. The van der Waals surface area contributed by atoms with E-state index in [1.54, 1.807) is 6.07 Å². The van der Waals surface area contributed by atoms with Crippen LogP contribution in [0.3, 0.4) is 0 Å². The molecule has 1 aliphatic carbocycles. The second-order valence-electron chi connectivity index (χ2n) is 7.67. The molecule has 0 spiro atoms. The Morgan fingerprint density at radius 3 is 2.24 bits per heavy atom. The van der Waals surface area contributed by atoms with Gasteiger partial charge in [-0.05, 0) is 73.1 Å². The van der Waals surface area contributed by atoms with Crippen LogP contribution in [0.15, 0.2) is 42.5 Å². The number of hydrogen-bond acceptors (Lipinski definition) is 0. The van der Waals surface area contributed by atoms with Crippen LogP contribution in [0.2, 0.25) is 0 Å². The van der Waals surface area contributed by atoms with Gasteiger partial charge in [-0.2, -0.15) is 0 Å². The molecule has 0 aliphatic heterocycles. The lowest BCUT2D eigenvalue weighted by atomic mass is 9.77. The Morgan fingerprint density at radius 2 is 1.64 bits per heavy atom. The van der Waals surface area contributed by atoms with Crippen LogP contribution < -0.4 is 0 Å². The Morgan fingerprint density at radius 1 is 0.920 bits per heavy atom. The van der Waals surface area contributed by atoms with Gasteiger partial charge in [-0.25, -0.2) is 4.39 Å². The number of hydrogen-bond donors (Lipinski definition) is 0.